The summed E-state index contributed by atoms with van der Waals surface area (Å²) in [7, 11) is 0. The molecule has 0 aromatic carbocycles. The van der Waals surface area contributed by atoms with Gasteiger partial charge >= 0.3 is 5.69 Å². The summed E-state index contributed by atoms with van der Waals surface area (Å²) >= 11 is 5.47. The summed E-state index contributed by atoms with van der Waals surface area (Å²) in [6.07, 6.45) is -2.13. The van der Waals surface area contributed by atoms with Crippen LogP contribution in [0.2, 0.25) is 5.02 Å². The standard InChI is InChI=1S/C7H6ClF2N3O2/c8-6-4(13(14)15)2-12-3(1-11)5(6)7(9)10/h2,7H,1,11H2. The molecule has 1 aromatic rings. The first-order valence-corrected chi connectivity index (χ1v) is 4.16. The van der Waals surface area contributed by atoms with Gasteiger partial charge in [-0.2, -0.15) is 0 Å². The first-order valence-electron chi connectivity index (χ1n) is 3.79. The normalized spacial score (nSPS) is 10.7. The fraction of sp³-hybridized carbons (Fsp3) is 0.286. The topological polar surface area (TPSA) is 82.0 Å². The average molecular weight is 238 g/mol. The first kappa shape index (κ1) is 11.7. The molecule has 82 valence electrons. The van der Waals surface area contributed by atoms with Gasteiger partial charge < -0.3 is 5.73 Å². The molecule has 1 aromatic heterocycles. The zero-order valence-electron chi connectivity index (χ0n) is 7.28. The summed E-state index contributed by atoms with van der Waals surface area (Å²) in [6.45, 7) is -0.253. The lowest BCUT2D eigenvalue weighted by molar-refractivity contribution is -0.385. The number of rotatable bonds is 3. The van der Waals surface area contributed by atoms with Gasteiger partial charge in [-0.25, -0.2) is 8.78 Å². The van der Waals surface area contributed by atoms with Crippen LogP contribution in [0.5, 0.6) is 0 Å². The molecule has 0 atom stereocenters. The summed E-state index contributed by atoms with van der Waals surface area (Å²) in [4.78, 5) is 13.0. The van der Waals surface area contributed by atoms with Crippen LogP contribution in [0.3, 0.4) is 0 Å². The molecule has 0 saturated carbocycles. The Morgan fingerprint density at radius 2 is 2.27 bits per heavy atom. The van der Waals surface area contributed by atoms with Gasteiger partial charge in [0.25, 0.3) is 6.43 Å². The Morgan fingerprint density at radius 3 is 2.67 bits per heavy atom. The lowest BCUT2D eigenvalue weighted by atomic mass is 10.2. The van der Waals surface area contributed by atoms with E-state index in [4.69, 9.17) is 17.3 Å². The van der Waals surface area contributed by atoms with E-state index in [1.807, 2.05) is 0 Å². The van der Waals surface area contributed by atoms with Gasteiger partial charge in [-0.05, 0) is 0 Å². The van der Waals surface area contributed by atoms with Crippen LogP contribution in [0, 0.1) is 10.1 Å². The SMILES string of the molecule is NCc1ncc([N+](=O)[O-])c(Cl)c1C(F)F. The number of aromatic nitrogens is 1. The van der Waals surface area contributed by atoms with Crippen molar-refractivity contribution < 1.29 is 13.7 Å². The Kier molecular flexibility index (Phi) is 3.48. The number of nitrogens with zero attached hydrogens (tertiary/aromatic N) is 2. The van der Waals surface area contributed by atoms with Crippen molar-refractivity contribution in [3.05, 3.63) is 32.6 Å². The molecule has 0 radical (unpaired) electrons. The maximum atomic E-state index is 12.5. The lowest BCUT2D eigenvalue weighted by Gasteiger charge is -2.07. The van der Waals surface area contributed by atoms with Gasteiger partial charge in [0.15, 0.2) is 0 Å². The molecule has 5 nitrogen and oxygen atoms in total. The molecule has 0 bridgehead atoms. The Balaban J connectivity index is 3.42. The van der Waals surface area contributed by atoms with Gasteiger partial charge in [-0.1, -0.05) is 11.6 Å². The monoisotopic (exact) mass is 237 g/mol. The van der Waals surface area contributed by atoms with Crippen LogP contribution >= 0.6 is 11.6 Å². The van der Waals surface area contributed by atoms with E-state index in [2.05, 4.69) is 4.98 Å². The second kappa shape index (κ2) is 4.45. The van der Waals surface area contributed by atoms with Crippen LogP contribution in [0.4, 0.5) is 14.5 Å². The van der Waals surface area contributed by atoms with E-state index in [0.29, 0.717) is 0 Å². The second-order valence-corrected chi connectivity index (χ2v) is 2.96. The van der Waals surface area contributed by atoms with Gasteiger partial charge in [-0.15, -0.1) is 0 Å². The Morgan fingerprint density at radius 1 is 1.67 bits per heavy atom. The third-order valence-corrected chi connectivity index (χ3v) is 2.12. The molecular formula is C7H6ClF2N3O2. The van der Waals surface area contributed by atoms with E-state index in [-0.39, 0.29) is 12.2 Å². The zero-order chi connectivity index (χ0) is 11.6. The Labute approximate surface area is 88.0 Å². The van der Waals surface area contributed by atoms with Crippen LogP contribution < -0.4 is 5.73 Å². The van der Waals surface area contributed by atoms with Gasteiger partial charge in [0.1, 0.15) is 11.2 Å². The van der Waals surface area contributed by atoms with Crippen molar-refractivity contribution in [2.45, 2.75) is 13.0 Å². The molecule has 1 rings (SSSR count). The number of hydrogen-bond acceptors (Lipinski definition) is 4. The molecule has 1 heterocycles. The van der Waals surface area contributed by atoms with E-state index < -0.39 is 27.6 Å². The molecule has 2 N–H and O–H groups in total. The number of halogens is 3. The van der Waals surface area contributed by atoms with Crippen LogP contribution in [-0.2, 0) is 6.54 Å². The van der Waals surface area contributed by atoms with E-state index in [1.54, 1.807) is 0 Å². The molecule has 15 heavy (non-hydrogen) atoms. The maximum absolute atomic E-state index is 12.5. The Hall–Kier alpha value is -1.34. The van der Waals surface area contributed by atoms with Crippen LogP contribution in [0.15, 0.2) is 6.20 Å². The zero-order valence-corrected chi connectivity index (χ0v) is 8.04. The van der Waals surface area contributed by atoms with E-state index in [1.165, 1.54) is 0 Å². The van der Waals surface area contributed by atoms with Crippen molar-refractivity contribution in [2.75, 3.05) is 0 Å². The molecule has 0 aliphatic carbocycles. The van der Waals surface area contributed by atoms with Crippen molar-refractivity contribution in [3.63, 3.8) is 0 Å². The lowest BCUT2D eigenvalue weighted by Crippen LogP contribution is -2.07. The van der Waals surface area contributed by atoms with Crippen molar-refractivity contribution in [1.82, 2.24) is 4.98 Å². The molecular weight excluding hydrogens is 232 g/mol. The van der Waals surface area contributed by atoms with Gasteiger partial charge in [0, 0.05) is 6.54 Å². The highest BCUT2D eigenvalue weighted by molar-refractivity contribution is 6.33. The van der Waals surface area contributed by atoms with Crippen molar-refractivity contribution in [3.8, 4) is 0 Å². The number of nitro groups is 1. The minimum absolute atomic E-state index is 0.138. The van der Waals surface area contributed by atoms with Crippen LogP contribution in [0.25, 0.3) is 0 Å². The summed E-state index contributed by atoms with van der Waals surface area (Å²) in [6, 6.07) is 0. The molecule has 0 fully saturated rings. The van der Waals surface area contributed by atoms with Crippen molar-refractivity contribution in [2.24, 2.45) is 5.73 Å². The number of pyridine rings is 1. The second-order valence-electron chi connectivity index (χ2n) is 2.58. The molecule has 0 aliphatic heterocycles. The molecule has 8 heteroatoms. The number of nitrogens with two attached hydrogens (primary N) is 1. The van der Waals surface area contributed by atoms with Crippen molar-refractivity contribution in [1.29, 1.82) is 0 Å². The number of hydrogen-bond donors (Lipinski definition) is 1. The minimum atomic E-state index is -2.94. The van der Waals surface area contributed by atoms with Gasteiger partial charge in [0.2, 0.25) is 0 Å². The Bertz CT molecular complexity index is 400. The molecule has 0 aliphatic rings. The predicted octanol–water partition coefficient (Wildman–Crippen LogP) is 2.04. The largest absolute Gasteiger partial charge is 0.325 e. The van der Waals surface area contributed by atoms with Crippen LogP contribution in [-0.4, -0.2) is 9.91 Å². The molecule has 0 saturated heterocycles. The minimum Gasteiger partial charge on any atom is -0.325 e. The first-order chi connectivity index (χ1) is 6.99. The highest BCUT2D eigenvalue weighted by Gasteiger charge is 2.25. The van der Waals surface area contributed by atoms with E-state index in [9.17, 15) is 18.9 Å². The average Bonchev–Trinajstić information content (AvgIpc) is 2.15. The quantitative estimate of drug-likeness (QED) is 0.644. The van der Waals surface area contributed by atoms with Crippen LogP contribution in [0.1, 0.15) is 17.7 Å². The highest BCUT2D eigenvalue weighted by atomic mass is 35.5. The predicted molar refractivity (Wildman–Crippen MR) is 48.7 cm³/mol. The van der Waals surface area contributed by atoms with Crippen molar-refractivity contribution >= 4 is 17.3 Å². The summed E-state index contributed by atoms with van der Waals surface area (Å²) in [5, 5.41) is 9.80. The summed E-state index contributed by atoms with van der Waals surface area (Å²) in [5.41, 5.74) is 3.70. The smallest absolute Gasteiger partial charge is 0.306 e. The fourth-order valence-corrected chi connectivity index (χ4v) is 1.35. The molecule has 0 unspecified atom stereocenters. The van der Waals surface area contributed by atoms with Gasteiger partial charge in [-0.3, -0.25) is 15.1 Å². The van der Waals surface area contributed by atoms with E-state index in [0.717, 1.165) is 6.20 Å². The maximum Gasteiger partial charge on any atom is 0.306 e. The summed E-state index contributed by atoms with van der Waals surface area (Å²) in [5.74, 6) is 0. The third-order valence-electron chi connectivity index (χ3n) is 1.72. The third kappa shape index (κ3) is 2.18. The summed E-state index contributed by atoms with van der Waals surface area (Å²) < 4.78 is 25.0. The molecule has 0 amide bonds. The van der Waals surface area contributed by atoms with E-state index >= 15 is 0 Å². The number of alkyl halides is 2. The molecule has 0 spiro atoms. The highest BCUT2D eigenvalue weighted by Crippen LogP contribution is 2.35. The van der Waals surface area contributed by atoms with Gasteiger partial charge in [0.05, 0.1) is 16.2 Å². The fourth-order valence-electron chi connectivity index (χ4n) is 1.04.